The van der Waals surface area contributed by atoms with Crippen LogP contribution in [-0.2, 0) is 18.4 Å². The molecular weight excluding hydrogens is 408 g/mol. The first-order chi connectivity index (χ1) is 11.6. The number of hydrogen-bond donors (Lipinski definition) is 2. The van der Waals surface area contributed by atoms with Crippen molar-refractivity contribution in [3.63, 3.8) is 0 Å². The van der Waals surface area contributed by atoms with Gasteiger partial charge in [0.1, 0.15) is 5.75 Å². The summed E-state index contributed by atoms with van der Waals surface area (Å²) in [4.78, 5) is 12.7. The van der Waals surface area contributed by atoms with Crippen LogP contribution < -0.4 is 15.4 Å². The Balaban J connectivity index is 0.00000225. The second kappa shape index (κ2) is 8.69. The molecular formula is C17H22BrClN4O2. The van der Waals surface area contributed by atoms with Crippen LogP contribution in [0, 0.1) is 5.92 Å². The minimum absolute atomic E-state index is 0. The maximum absolute atomic E-state index is 12.7. The predicted octanol–water partition coefficient (Wildman–Crippen LogP) is 2.23. The lowest BCUT2D eigenvalue weighted by Gasteiger charge is -2.17. The van der Waals surface area contributed by atoms with Gasteiger partial charge in [0.05, 0.1) is 19.2 Å². The van der Waals surface area contributed by atoms with Crippen LogP contribution in [0.1, 0.15) is 17.0 Å². The van der Waals surface area contributed by atoms with E-state index in [2.05, 4.69) is 31.7 Å². The Labute approximate surface area is 161 Å². The van der Waals surface area contributed by atoms with Crippen LogP contribution in [0.25, 0.3) is 0 Å². The fraction of sp³-hybridized carbons (Fsp3) is 0.412. The number of ether oxygens (including phenoxy) is 1. The van der Waals surface area contributed by atoms with Gasteiger partial charge in [-0.1, -0.05) is 15.9 Å². The number of nitrogens with one attached hydrogen (secondary N) is 2. The summed E-state index contributed by atoms with van der Waals surface area (Å²) in [6.45, 7) is 1.95. The van der Waals surface area contributed by atoms with E-state index in [-0.39, 0.29) is 30.2 Å². The van der Waals surface area contributed by atoms with Crippen molar-refractivity contribution in [3.8, 4) is 5.75 Å². The van der Waals surface area contributed by atoms with Crippen molar-refractivity contribution in [2.75, 3.05) is 20.2 Å². The topological polar surface area (TPSA) is 68.2 Å². The zero-order valence-electron chi connectivity index (χ0n) is 14.2. The molecule has 136 valence electrons. The van der Waals surface area contributed by atoms with Gasteiger partial charge in [0, 0.05) is 43.3 Å². The third-order valence-electron chi connectivity index (χ3n) is 4.41. The molecule has 2 heterocycles. The van der Waals surface area contributed by atoms with Crippen LogP contribution in [0.4, 0.5) is 0 Å². The highest BCUT2D eigenvalue weighted by molar-refractivity contribution is 9.10. The molecule has 0 spiro atoms. The van der Waals surface area contributed by atoms with E-state index in [1.165, 1.54) is 0 Å². The molecule has 1 fully saturated rings. The minimum Gasteiger partial charge on any atom is -0.497 e. The summed E-state index contributed by atoms with van der Waals surface area (Å²) in [5.74, 6) is 0.910. The van der Waals surface area contributed by atoms with E-state index in [1.807, 2.05) is 37.6 Å². The van der Waals surface area contributed by atoms with Crippen LogP contribution in [0.5, 0.6) is 5.75 Å². The fourth-order valence-corrected chi connectivity index (χ4v) is 3.45. The van der Waals surface area contributed by atoms with Crippen molar-refractivity contribution in [1.82, 2.24) is 20.4 Å². The van der Waals surface area contributed by atoms with Gasteiger partial charge >= 0.3 is 0 Å². The van der Waals surface area contributed by atoms with Gasteiger partial charge in [0.15, 0.2) is 0 Å². The Morgan fingerprint density at radius 1 is 1.48 bits per heavy atom. The molecule has 0 radical (unpaired) electrons. The highest BCUT2D eigenvalue weighted by atomic mass is 79.9. The van der Waals surface area contributed by atoms with Crippen molar-refractivity contribution in [2.24, 2.45) is 13.0 Å². The molecule has 1 aromatic heterocycles. The van der Waals surface area contributed by atoms with E-state index in [0.717, 1.165) is 27.9 Å². The number of amides is 1. The molecule has 8 heteroatoms. The Kier molecular flexibility index (Phi) is 6.87. The first-order valence-corrected chi connectivity index (χ1v) is 8.67. The normalized spacial score (nSPS) is 19.3. The van der Waals surface area contributed by atoms with E-state index in [9.17, 15) is 4.79 Å². The van der Waals surface area contributed by atoms with E-state index >= 15 is 0 Å². The average Bonchev–Trinajstić information content (AvgIpc) is 3.22. The molecule has 1 aliphatic heterocycles. The van der Waals surface area contributed by atoms with E-state index in [1.54, 1.807) is 11.8 Å². The highest BCUT2D eigenvalue weighted by Gasteiger charge is 2.34. The van der Waals surface area contributed by atoms with Gasteiger partial charge in [-0.2, -0.15) is 5.10 Å². The smallest absolute Gasteiger partial charge is 0.225 e. The molecule has 2 N–H and O–H groups in total. The first kappa shape index (κ1) is 19.8. The molecule has 1 aliphatic rings. The summed E-state index contributed by atoms with van der Waals surface area (Å²) < 4.78 is 7.97. The number of benzene rings is 1. The Morgan fingerprint density at radius 3 is 2.96 bits per heavy atom. The van der Waals surface area contributed by atoms with Crippen LogP contribution in [0.15, 0.2) is 35.1 Å². The van der Waals surface area contributed by atoms with Crippen LogP contribution in [0.2, 0.25) is 0 Å². The largest absolute Gasteiger partial charge is 0.497 e. The molecule has 0 saturated carbocycles. The van der Waals surface area contributed by atoms with E-state index in [4.69, 9.17) is 4.74 Å². The van der Waals surface area contributed by atoms with Gasteiger partial charge in [-0.25, -0.2) is 0 Å². The zero-order valence-corrected chi connectivity index (χ0v) is 16.6. The number of rotatable bonds is 5. The lowest BCUT2D eigenvalue weighted by Crippen LogP contribution is -2.34. The van der Waals surface area contributed by atoms with Gasteiger partial charge < -0.3 is 15.4 Å². The van der Waals surface area contributed by atoms with Gasteiger partial charge in [-0.15, -0.1) is 12.4 Å². The number of nitrogens with zero attached hydrogens (tertiary/aromatic N) is 2. The van der Waals surface area contributed by atoms with Crippen LogP contribution >= 0.6 is 28.3 Å². The zero-order chi connectivity index (χ0) is 17.1. The number of halogens is 2. The molecule has 2 atom stereocenters. The maximum atomic E-state index is 12.7. The number of aryl methyl sites for hydroxylation is 1. The molecule has 0 aliphatic carbocycles. The lowest BCUT2D eigenvalue weighted by molar-refractivity contribution is -0.125. The molecule has 1 amide bonds. The van der Waals surface area contributed by atoms with Crippen molar-refractivity contribution < 1.29 is 9.53 Å². The molecule has 6 nitrogen and oxygen atoms in total. The summed E-state index contributed by atoms with van der Waals surface area (Å²) in [5.41, 5.74) is 2.09. The summed E-state index contributed by atoms with van der Waals surface area (Å²) in [6.07, 6.45) is 3.83. The third kappa shape index (κ3) is 4.54. The molecule has 3 rings (SSSR count). The van der Waals surface area contributed by atoms with Crippen molar-refractivity contribution in [1.29, 1.82) is 0 Å². The molecule has 25 heavy (non-hydrogen) atoms. The monoisotopic (exact) mass is 428 g/mol. The Bertz CT molecular complexity index is 737. The summed E-state index contributed by atoms with van der Waals surface area (Å²) in [6, 6.07) is 5.74. The highest BCUT2D eigenvalue weighted by Crippen LogP contribution is 2.28. The van der Waals surface area contributed by atoms with E-state index in [0.29, 0.717) is 13.1 Å². The van der Waals surface area contributed by atoms with Gasteiger partial charge in [-0.05, 0) is 29.3 Å². The Hall–Kier alpha value is -1.57. The van der Waals surface area contributed by atoms with Crippen molar-refractivity contribution >= 4 is 34.2 Å². The summed E-state index contributed by atoms with van der Waals surface area (Å²) in [5, 5.41) is 10.6. The number of methoxy groups -OCH3 is 1. The SMILES string of the molecule is COc1ccc(Br)c(CNC(=O)[C@H]2CNC[C@@H]2c2cnn(C)c2)c1.Cl. The molecule has 0 bridgehead atoms. The lowest BCUT2D eigenvalue weighted by atomic mass is 9.90. The second-order valence-electron chi connectivity index (χ2n) is 5.99. The number of hydrogen-bond acceptors (Lipinski definition) is 4. The predicted molar refractivity (Wildman–Crippen MR) is 102 cm³/mol. The molecule has 1 aromatic carbocycles. The minimum atomic E-state index is -0.0846. The number of carbonyl (C=O) groups is 1. The Morgan fingerprint density at radius 2 is 2.28 bits per heavy atom. The van der Waals surface area contributed by atoms with Gasteiger partial charge in [-0.3, -0.25) is 9.48 Å². The fourth-order valence-electron chi connectivity index (χ4n) is 3.06. The van der Waals surface area contributed by atoms with Crippen LogP contribution in [-0.4, -0.2) is 35.9 Å². The average molecular weight is 430 g/mol. The first-order valence-electron chi connectivity index (χ1n) is 7.88. The maximum Gasteiger partial charge on any atom is 0.225 e. The second-order valence-corrected chi connectivity index (χ2v) is 6.85. The molecule has 0 unspecified atom stereocenters. The third-order valence-corrected chi connectivity index (χ3v) is 5.18. The standard InChI is InChI=1S/C17H21BrN4O2.ClH/c1-22-10-12(7-21-22)14-8-19-9-15(14)17(23)20-6-11-5-13(24-2)3-4-16(11)18;/h3-5,7,10,14-15,19H,6,8-9H2,1-2H3,(H,20,23);1H/t14-,15+;/m1./s1. The van der Waals surface area contributed by atoms with Crippen molar-refractivity contribution in [3.05, 3.63) is 46.2 Å². The van der Waals surface area contributed by atoms with Crippen LogP contribution in [0.3, 0.4) is 0 Å². The molecule has 2 aromatic rings. The summed E-state index contributed by atoms with van der Waals surface area (Å²) >= 11 is 3.51. The van der Waals surface area contributed by atoms with Gasteiger partial charge in [0.2, 0.25) is 5.91 Å². The number of carbonyl (C=O) groups excluding carboxylic acids is 1. The number of aromatic nitrogens is 2. The van der Waals surface area contributed by atoms with E-state index < -0.39 is 0 Å². The summed E-state index contributed by atoms with van der Waals surface area (Å²) in [7, 11) is 3.52. The van der Waals surface area contributed by atoms with Gasteiger partial charge in [0.25, 0.3) is 0 Å². The quantitative estimate of drug-likeness (QED) is 0.765. The van der Waals surface area contributed by atoms with Crippen molar-refractivity contribution in [2.45, 2.75) is 12.5 Å². The molecule has 1 saturated heterocycles.